The number of carbonyl (C=O) groups excluding carboxylic acids is 1. The van der Waals surface area contributed by atoms with Gasteiger partial charge in [-0.2, -0.15) is 0 Å². The Balaban J connectivity index is 3.00. The molecule has 1 aromatic rings. The van der Waals surface area contributed by atoms with Gasteiger partial charge in [0.2, 0.25) is 0 Å². The zero-order valence-electron chi connectivity index (χ0n) is 6.61. The normalized spacial score (nSPS) is 10.1. The maximum atomic E-state index is 10.3. The Morgan fingerprint density at radius 3 is 2.73 bits per heavy atom. The minimum Gasteiger partial charge on any atom is -0.296 e. The highest BCUT2D eigenvalue weighted by Crippen LogP contribution is 2.08. The van der Waals surface area contributed by atoms with Crippen LogP contribution in [-0.2, 0) is 0 Å². The molecule has 1 aromatic heterocycles. The molecule has 0 aliphatic heterocycles. The maximum absolute atomic E-state index is 10.3. The lowest BCUT2D eigenvalue weighted by Crippen LogP contribution is -1.97. The van der Waals surface area contributed by atoms with Gasteiger partial charge in [-0.25, -0.2) is 4.98 Å². The molecule has 11 heavy (non-hydrogen) atoms. The predicted molar refractivity (Wildman–Crippen MR) is 41.5 cm³/mol. The summed E-state index contributed by atoms with van der Waals surface area (Å²) in [6.07, 6.45) is 3.84. The van der Waals surface area contributed by atoms with E-state index in [0.717, 1.165) is 5.69 Å². The van der Waals surface area contributed by atoms with E-state index in [2.05, 4.69) is 9.97 Å². The molecule has 0 radical (unpaired) electrons. The first-order chi connectivity index (χ1) is 5.24. The minimum atomic E-state index is 0.322. The van der Waals surface area contributed by atoms with E-state index in [1.165, 1.54) is 6.20 Å². The molecule has 0 saturated carbocycles. The summed E-state index contributed by atoms with van der Waals surface area (Å²) < 4.78 is 0. The van der Waals surface area contributed by atoms with E-state index < -0.39 is 0 Å². The van der Waals surface area contributed by atoms with Gasteiger partial charge in [0.1, 0.15) is 5.69 Å². The van der Waals surface area contributed by atoms with Crippen LogP contribution < -0.4 is 0 Å². The van der Waals surface area contributed by atoms with Crippen molar-refractivity contribution < 1.29 is 4.79 Å². The van der Waals surface area contributed by atoms with Crippen molar-refractivity contribution >= 4 is 6.29 Å². The second-order valence-electron chi connectivity index (χ2n) is 2.64. The third kappa shape index (κ3) is 1.83. The van der Waals surface area contributed by atoms with Crippen LogP contribution in [0.1, 0.15) is 35.9 Å². The van der Waals surface area contributed by atoms with Gasteiger partial charge in [-0.1, -0.05) is 13.8 Å². The summed E-state index contributed by atoms with van der Waals surface area (Å²) in [5.74, 6) is 0.322. The largest absolute Gasteiger partial charge is 0.296 e. The topological polar surface area (TPSA) is 42.9 Å². The Morgan fingerprint density at radius 2 is 2.18 bits per heavy atom. The zero-order chi connectivity index (χ0) is 8.27. The summed E-state index contributed by atoms with van der Waals surface area (Å²) in [6.45, 7) is 4.02. The van der Waals surface area contributed by atoms with E-state index in [4.69, 9.17) is 0 Å². The summed E-state index contributed by atoms with van der Waals surface area (Å²) >= 11 is 0. The predicted octanol–water partition coefficient (Wildman–Crippen LogP) is 1.41. The molecule has 0 unspecified atom stereocenters. The lowest BCUT2D eigenvalue weighted by atomic mass is 10.1. The molecule has 0 bridgehead atoms. The highest BCUT2D eigenvalue weighted by atomic mass is 16.1. The van der Waals surface area contributed by atoms with Crippen molar-refractivity contribution in [3.05, 3.63) is 23.8 Å². The van der Waals surface area contributed by atoms with E-state index >= 15 is 0 Å². The average Bonchev–Trinajstić information content (AvgIpc) is 2.05. The summed E-state index contributed by atoms with van der Waals surface area (Å²) in [5.41, 5.74) is 1.26. The van der Waals surface area contributed by atoms with Gasteiger partial charge in [0.05, 0.1) is 11.9 Å². The molecule has 1 rings (SSSR count). The van der Waals surface area contributed by atoms with E-state index in [9.17, 15) is 4.79 Å². The quantitative estimate of drug-likeness (QED) is 0.598. The molecule has 0 saturated heterocycles. The number of aromatic nitrogens is 2. The molecule has 0 aliphatic rings. The van der Waals surface area contributed by atoms with Crippen LogP contribution in [0.15, 0.2) is 12.4 Å². The molecule has 0 fully saturated rings. The maximum Gasteiger partial charge on any atom is 0.170 e. The van der Waals surface area contributed by atoms with Crippen molar-refractivity contribution in [2.24, 2.45) is 0 Å². The fourth-order valence-electron chi connectivity index (χ4n) is 0.732. The van der Waals surface area contributed by atoms with Gasteiger partial charge in [-0.05, 0) is 5.92 Å². The number of carbonyl (C=O) groups is 1. The lowest BCUT2D eigenvalue weighted by Gasteiger charge is -2.01. The Hall–Kier alpha value is -1.25. The molecule has 0 atom stereocenters. The second-order valence-corrected chi connectivity index (χ2v) is 2.64. The van der Waals surface area contributed by atoms with E-state index in [1.807, 2.05) is 13.8 Å². The van der Waals surface area contributed by atoms with Crippen LogP contribution in [0, 0.1) is 0 Å². The molecule has 0 N–H and O–H groups in total. The van der Waals surface area contributed by atoms with Crippen molar-refractivity contribution in [3.63, 3.8) is 0 Å². The van der Waals surface area contributed by atoms with Crippen LogP contribution in [0.4, 0.5) is 0 Å². The van der Waals surface area contributed by atoms with Gasteiger partial charge < -0.3 is 0 Å². The Morgan fingerprint density at radius 1 is 1.45 bits per heavy atom. The van der Waals surface area contributed by atoms with Gasteiger partial charge >= 0.3 is 0 Å². The van der Waals surface area contributed by atoms with Crippen molar-refractivity contribution in [2.45, 2.75) is 19.8 Å². The Labute approximate surface area is 65.5 Å². The lowest BCUT2D eigenvalue weighted by molar-refractivity contribution is 0.111. The van der Waals surface area contributed by atoms with Crippen LogP contribution in [0.3, 0.4) is 0 Å². The molecule has 0 spiro atoms. The van der Waals surface area contributed by atoms with Crippen LogP contribution in [0.25, 0.3) is 0 Å². The summed E-state index contributed by atoms with van der Waals surface area (Å²) in [4.78, 5) is 18.2. The molecule has 0 aromatic carbocycles. The van der Waals surface area contributed by atoms with Crippen LogP contribution in [0.5, 0.6) is 0 Å². The first-order valence-corrected chi connectivity index (χ1v) is 3.51. The van der Waals surface area contributed by atoms with Gasteiger partial charge in [-0.15, -0.1) is 0 Å². The molecular weight excluding hydrogens is 140 g/mol. The number of hydrogen-bond donors (Lipinski definition) is 0. The molecular formula is C8H10N2O. The van der Waals surface area contributed by atoms with Gasteiger partial charge in [0.25, 0.3) is 0 Å². The molecule has 3 heteroatoms. The zero-order valence-corrected chi connectivity index (χ0v) is 6.61. The first kappa shape index (κ1) is 7.85. The first-order valence-electron chi connectivity index (χ1n) is 3.51. The number of rotatable bonds is 2. The number of hydrogen-bond acceptors (Lipinski definition) is 3. The van der Waals surface area contributed by atoms with Crippen molar-refractivity contribution in [1.82, 2.24) is 9.97 Å². The van der Waals surface area contributed by atoms with Crippen LogP contribution in [0.2, 0.25) is 0 Å². The summed E-state index contributed by atoms with van der Waals surface area (Å²) in [6, 6.07) is 0. The monoisotopic (exact) mass is 150 g/mol. The number of nitrogens with zero attached hydrogens (tertiary/aromatic N) is 2. The Kier molecular flexibility index (Phi) is 2.31. The van der Waals surface area contributed by atoms with Crippen LogP contribution >= 0.6 is 0 Å². The van der Waals surface area contributed by atoms with E-state index in [0.29, 0.717) is 17.9 Å². The molecule has 3 nitrogen and oxygen atoms in total. The van der Waals surface area contributed by atoms with Gasteiger partial charge in [0.15, 0.2) is 6.29 Å². The fraction of sp³-hybridized carbons (Fsp3) is 0.375. The second kappa shape index (κ2) is 3.23. The van der Waals surface area contributed by atoms with Gasteiger partial charge in [0, 0.05) is 6.20 Å². The highest BCUT2D eigenvalue weighted by molar-refractivity contribution is 5.70. The fourth-order valence-corrected chi connectivity index (χ4v) is 0.732. The van der Waals surface area contributed by atoms with Crippen LogP contribution in [-0.4, -0.2) is 16.3 Å². The minimum absolute atomic E-state index is 0.322. The number of aldehydes is 1. The smallest absolute Gasteiger partial charge is 0.170 e. The standard InChI is InChI=1S/C8H10N2O/c1-6(2)8-4-9-3-7(5-11)10-8/h3-6H,1-2H3. The average molecular weight is 150 g/mol. The van der Waals surface area contributed by atoms with E-state index in [1.54, 1.807) is 6.20 Å². The third-order valence-corrected chi connectivity index (χ3v) is 1.38. The molecule has 0 amide bonds. The van der Waals surface area contributed by atoms with Crippen molar-refractivity contribution in [1.29, 1.82) is 0 Å². The van der Waals surface area contributed by atoms with Gasteiger partial charge in [-0.3, -0.25) is 9.78 Å². The molecule has 0 aliphatic carbocycles. The van der Waals surface area contributed by atoms with Crippen molar-refractivity contribution in [3.8, 4) is 0 Å². The van der Waals surface area contributed by atoms with E-state index in [-0.39, 0.29) is 0 Å². The molecule has 58 valence electrons. The highest BCUT2D eigenvalue weighted by Gasteiger charge is 2.01. The summed E-state index contributed by atoms with van der Waals surface area (Å²) in [5, 5.41) is 0. The SMILES string of the molecule is CC(C)c1cncc(C=O)n1. The third-order valence-electron chi connectivity index (χ3n) is 1.38. The van der Waals surface area contributed by atoms with Crippen molar-refractivity contribution in [2.75, 3.05) is 0 Å². The summed E-state index contributed by atoms with van der Waals surface area (Å²) in [7, 11) is 0. The Bertz CT molecular complexity index is 258. The molecule has 1 heterocycles.